The fraction of sp³-hybridized carbons (Fsp3) is 0.217. The molecular formula is C23H23FN2O2. The van der Waals surface area contributed by atoms with E-state index in [9.17, 15) is 14.0 Å². The van der Waals surface area contributed by atoms with Crippen LogP contribution in [0.2, 0.25) is 0 Å². The molecule has 3 rings (SSSR count). The Labute approximate surface area is 164 Å². The highest BCUT2D eigenvalue weighted by molar-refractivity contribution is 6.06. The Hall–Kier alpha value is -3.21. The molecule has 2 N–H and O–H groups in total. The number of hydrogen-bond donors (Lipinski definition) is 2. The van der Waals surface area contributed by atoms with E-state index in [4.69, 9.17) is 0 Å². The summed E-state index contributed by atoms with van der Waals surface area (Å²) in [5.74, 6) is -0.430. The first-order valence-electron chi connectivity index (χ1n) is 9.32. The lowest BCUT2D eigenvalue weighted by Gasteiger charge is -2.13. The number of rotatable bonds is 6. The van der Waals surface area contributed by atoms with Gasteiger partial charge in [0.1, 0.15) is 5.82 Å². The second-order valence-electron chi connectivity index (χ2n) is 6.89. The SMILES string of the molecule is C/C(=C/C(=O)Nc1ccccc1NC(=O)CC1C=CCC1)c1ccc(F)cc1. The third-order valence-electron chi connectivity index (χ3n) is 4.67. The second kappa shape index (κ2) is 9.13. The number of carbonyl (C=O) groups excluding carboxylic acids is 2. The van der Waals surface area contributed by atoms with Crippen molar-refractivity contribution in [2.24, 2.45) is 5.92 Å². The molecule has 0 aliphatic heterocycles. The van der Waals surface area contributed by atoms with E-state index in [0.29, 0.717) is 23.4 Å². The molecule has 2 aromatic carbocycles. The van der Waals surface area contributed by atoms with Gasteiger partial charge >= 0.3 is 0 Å². The minimum absolute atomic E-state index is 0.0729. The van der Waals surface area contributed by atoms with Crippen LogP contribution in [0.5, 0.6) is 0 Å². The Balaban J connectivity index is 1.65. The van der Waals surface area contributed by atoms with Crippen LogP contribution in [0.15, 0.2) is 66.8 Å². The van der Waals surface area contributed by atoms with Gasteiger partial charge in [-0.15, -0.1) is 0 Å². The lowest BCUT2D eigenvalue weighted by atomic mass is 10.0. The van der Waals surface area contributed by atoms with Gasteiger partial charge in [0.15, 0.2) is 0 Å². The van der Waals surface area contributed by atoms with E-state index in [1.807, 2.05) is 0 Å². The average molecular weight is 378 g/mol. The van der Waals surface area contributed by atoms with Crippen molar-refractivity contribution in [1.82, 2.24) is 0 Å². The van der Waals surface area contributed by atoms with Gasteiger partial charge in [-0.1, -0.05) is 36.4 Å². The lowest BCUT2D eigenvalue weighted by molar-refractivity contribution is -0.117. The second-order valence-corrected chi connectivity index (χ2v) is 6.89. The Bertz CT molecular complexity index is 916. The van der Waals surface area contributed by atoms with E-state index >= 15 is 0 Å². The number of allylic oxidation sites excluding steroid dienone is 3. The zero-order valence-corrected chi connectivity index (χ0v) is 15.7. The molecule has 0 saturated heterocycles. The number of nitrogens with one attached hydrogen (secondary N) is 2. The molecule has 2 amide bonds. The number of benzene rings is 2. The van der Waals surface area contributed by atoms with Crippen LogP contribution in [0.25, 0.3) is 5.57 Å². The largest absolute Gasteiger partial charge is 0.324 e. The Morgan fingerprint density at radius 1 is 1.07 bits per heavy atom. The van der Waals surface area contributed by atoms with Crippen molar-refractivity contribution >= 4 is 28.8 Å². The summed E-state index contributed by atoms with van der Waals surface area (Å²) in [5, 5.41) is 5.69. The first-order chi connectivity index (χ1) is 13.5. The normalized spacial score (nSPS) is 16.1. The summed E-state index contributed by atoms with van der Waals surface area (Å²) in [4.78, 5) is 24.7. The molecule has 0 radical (unpaired) electrons. The van der Waals surface area contributed by atoms with Crippen molar-refractivity contribution in [3.63, 3.8) is 0 Å². The molecular weight excluding hydrogens is 355 g/mol. The number of hydrogen-bond acceptors (Lipinski definition) is 2. The number of carbonyl (C=O) groups is 2. The van der Waals surface area contributed by atoms with E-state index in [0.717, 1.165) is 18.4 Å². The molecule has 1 aliphatic carbocycles. The van der Waals surface area contributed by atoms with E-state index in [1.54, 1.807) is 43.3 Å². The molecule has 1 unspecified atom stereocenters. The van der Waals surface area contributed by atoms with Gasteiger partial charge in [-0.05, 0) is 61.1 Å². The third-order valence-corrected chi connectivity index (χ3v) is 4.67. The smallest absolute Gasteiger partial charge is 0.248 e. The first-order valence-corrected chi connectivity index (χ1v) is 9.32. The maximum atomic E-state index is 13.0. The molecule has 1 aliphatic rings. The predicted octanol–water partition coefficient (Wildman–Crippen LogP) is 5.16. The molecule has 0 aromatic heterocycles. The van der Waals surface area contributed by atoms with E-state index < -0.39 is 0 Å². The van der Waals surface area contributed by atoms with E-state index in [-0.39, 0.29) is 23.5 Å². The minimum atomic E-state index is -0.321. The summed E-state index contributed by atoms with van der Waals surface area (Å²) in [5.41, 5.74) is 2.58. The van der Waals surface area contributed by atoms with Gasteiger partial charge in [0.2, 0.25) is 11.8 Å². The minimum Gasteiger partial charge on any atom is -0.324 e. The Morgan fingerprint density at radius 3 is 2.39 bits per heavy atom. The quantitative estimate of drug-likeness (QED) is 0.539. The summed E-state index contributed by atoms with van der Waals surface area (Å²) in [6.45, 7) is 1.79. The van der Waals surface area contributed by atoms with Gasteiger partial charge in [-0.2, -0.15) is 0 Å². The lowest BCUT2D eigenvalue weighted by Crippen LogP contribution is -2.17. The maximum Gasteiger partial charge on any atom is 0.248 e. The monoisotopic (exact) mass is 378 g/mol. The first kappa shape index (κ1) is 19.5. The highest BCUT2D eigenvalue weighted by atomic mass is 19.1. The van der Waals surface area contributed by atoms with Crippen molar-refractivity contribution in [3.05, 3.63) is 78.1 Å². The van der Waals surface area contributed by atoms with Gasteiger partial charge in [-0.25, -0.2) is 4.39 Å². The zero-order chi connectivity index (χ0) is 19.9. The van der Waals surface area contributed by atoms with E-state index in [2.05, 4.69) is 22.8 Å². The van der Waals surface area contributed by atoms with Crippen molar-refractivity contribution in [2.45, 2.75) is 26.2 Å². The molecule has 0 saturated carbocycles. The van der Waals surface area contributed by atoms with Crippen LogP contribution in [0.1, 0.15) is 31.7 Å². The molecule has 4 nitrogen and oxygen atoms in total. The number of para-hydroxylation sites is 2. The third kappa shape index (κ3) is 5.39. The standard InChI is InChI=1S/C23H23FN2O2/c1-16(18-10-12-19(24)13-11-18)14-22(27)25-20-8-4-5-9-21(20)26-23(28)15-17-6-2-3-7-17/h2,4-6,8-14,17H,3,7,15H2,1H3,(H,25,27)(H,26,28)/b16-14-. The van der Waals surface area contributed by atoms with Gasteiger partial charge < -0.3 is 10.6 Å². The topological polar surface area (TPSA) is 58.2 Å². The molecule has 28 heavy (non-hydrogen) atoms. The van der Waals surface area contributed by atoms with Crippen LogP contribution in [0.4, 0.5) is 15.8 Å². The summed E-state index contributed by atoms with van der Waals surface area (Å²) in [6.07, 6.45) is 8.08. The van der Waals surface area contributed by atoms with Gasteiger partial charge in [0, 0.05) is 12.5 Å². The van der Waals surface area contributed by atoms with Gasteiger partial charge in [0.25, 0.3) is 0 Å². The molecule has 0 spiro atoms. The zero-order valence-electron chi connectivity index (χ0n) is 15.7. The number of amides is 2. The highest BCUT2D eigenvalue weighted by Crippen LogP contribution is 2.24. The van der Waals surface area contributed by atoms with Gasteiger partial charge in [-0.3, -0.25) is 9.59 Å². The van der Waals surface area contributed by atoms with Crippen molar-refractivity contribution in [2.75, 3.05) is 10.6 Å². The molecule has 1 atom stereocenters. The van der Waals surface area contributed by atoms with Crippen LogP contribution < -0.4 is 10.6 Å². The molecule has 5 heteroatoms. The highest BCUT2D eigenvalue weighted by Gasteiger charge is 2.15. The van der Waals surface area contributed by atoms with Gasteiger partial charge in [0.05, 0.1) is 11.4 Å². The molecule has 144 valence electrons. The number of halogens is 1. The molecule has 0 bridgehead atoms. The molecule has 2 aromatic rings. The Kier molecular flexibility index (Phi) is 6.37. The average Bonchev–Trinajstić information content (AvgIpc) is 3.16. The molecule has 0 fully saturated rings. The van der Waals surface area contributed by atoms with Crippen LogP contribution in [0, 0.1) is 11.7 Å². The van der Waals surface area contributed by atoms with Crippen molar-refractivity contribution in [1.29, 1.82) is 0 Å². The Morgan fingerprint density at radius 2 is 1.75 bits per heavy atom. The molecule has 0 heterocycles. The van der Waals surface area contributed by atoms with Crippen LogP contribution in [0.3, 0.4) is 0 Å². The van der Waals surface area contributed by atoms with Crippen molar-refractivity contribution < 1.29 is 14.0 Å². The van der Waals surface area contributed by atoms with E-state index in [1.165, 1.54) is 18.2 Å². The fourth-order valence-electron chi connectivity index (χ4n) is 3.17. The maximum absolute atomic E-state index is 13.0. The summed E-state index contributed by atoms with van der Waals surface area (Å²) in [7, 11) is 0. The van der Waals surface area contributed by atoms with Crippen LogP contribution >= 0.6 is 0 Å². The summed E-state index contributed by atoms with van der Waals surface area (Å²) in [6, 6.07) is 13.1. The van der Waals surface area contributed by atoms with Crippen LogP contribution in [-0.4, -0.2) is 11.8 Å². The number of anilines is 2. The van der Waals surface area contributed by atoms with Crippen LogP contribution in [-0.2, 0) is 9.59 Å². The van der Waals surface area contributed by atoms with Crippen molar-refractivity contribution in [3.8, 4) is 0 Å². The summed E-state index contributed by atoms with van der Waals surface area (Å²) >= 11 is 0. The summed E-state index contributed by atoms with van der Waals surface area (Å²) < 4.78 is 13.0. The fourth-order valence-corrected chi connectivity index (χ4v) is 3.17. The predicted molar refractivity (Wildman–Crippen MR) is 110 cm³/mol.